The second kappa shape index (κ2) is 7.14. The van der Waals surface area contributed by atoms with Crippen LogP contribution < -0.4 is 10.5 Å². The van der Waals surface area contributed by atoms with Crippen molar-refractivity contribution in [1.29, 1.82) is 0 Å². The number of sulfone groups is 1. The number of para-hydroxylation sites is 2. The summed E-state index contributed by atoms with van der Waals surface area (Å²) in [4.78, 5) is 13.1. The Hall–Kier alpha value is -1.76. The van der Waals surface area contributed by atoms with Crippen molar-refractivity contribution in [2.75, 3.05) is 37.9 Å². The molecule has 6 nitrogen and oxygen atoms in total. The van der Waals surface area contributed by atoms with Crippen LogP contribution in [0.4, 0.5) is 5.69 Å². The molecular weight excluding hydrogens is 280 g/mol. The summed E-state index contributed by atoms with van der Waals surface area (Å²) in [6.07, 6.45) is 1.32. The van der Waals surface area contributed by atoms with Crippen molar-refractivity contribution in [3.8, 4) is 5.75 Å². The van der Waals surface area contributed by atoms with Crippen LogP contribution >= 0.6 is 0 Å². The molecule has 0 aliphatic rings. The van der Waals surface area contributed by atoms with Gasteiger partial charge >= 0.3 is 0 Å². The maximum absolute atomic E-state index is 11.8. The molecule has 0 fully saturated rings. The van der Waals surface area contributed by atoms with Crippen LogP contribution in [-0.2, 0) is 14.6 Å². The number of benzene rings is 1. The van der Waals surface area contributed by atoms with Crippen LogP contribution in [0.5, 0.6) is 5.75 Å². The van der Waals surface area contributed by atoms with Crippen molar-refractivity contribution in [1.82, 2.24) is 4.90 Å². The molecule has 0 radical (unpaired) electrons. The summed E-state index contributed by atoms with van der Waals surface area (Å²) in [6, 6.07) is 7.04. The van der Waals surface area contributed by atoms with Gasteiger partial charge in [-0.2, -0.15) is 0 Å². The molecule has 1 amide bonds. The van der Waals surface area contributed by atoms with Crippen molar-refractivity contribution in [2.24, 2.45) is 0 Å². The summed E-state index contributed by atoms with van der Waals surface area (Å²) in [6.45, 7) is 0.390. The third kappa shape index (κ3) is 5.92. The highest BCUT2D eigenvalue weighted by atomic mass is 32.2. The van der Waals surface area contributed by atoms with Gasteiger partial charge in [0.2, 0.25) is 5.91 Å². The minimum absolute atomic E-state index is 0.0399. The number of nitrogens with two attached hydrogens (primary N) is 1. The highest BCUT2D eigenvalue weighted by molar-refractivity contribution is 7.90. The molecule has 0 bridgehead atoms. The Bertz CT molecular complexity index is 557. The van der Waals surface area contributed by atoms with Gasteiger partial charge < -0.3 is 15.4 Å². The third-order valence-electron chi connectivity index (χ3n) is 2.72. The summed E-state index contributed by atoms with van der Waals surface area (Å²) in [5, 5.41) is 0. The van der Waals surface area contributed by atoms with E-state index in [4.69, 9.17) is 10.5 Å². The molecule has 0 aliphatic heterocycles. The van der Waals surface area contributed by atoms with E-state index in [9.17, 15) is 13.2 Å². The lowest BCUT2D eigenvalue weighted by Gasteiger charge is -2.16. The average Bonchev–Trinajstić information content (AvgIpc) is 2.37. The fraction of sp³-hybridized carbons (Fsp3) is 0.462. The van der Waals surface area contributed by atoms with E-state index in [2.05, 4.69) is 0 Å². The van der Waals surface area contributed by atoms with E-state index in [0.29, 0.717) is 11.4 Å². The van der Waals surface area contributed by atoms with Crippen LogP contribution in [0.1, 0.15) is 6.42 Å². The average molecular weight is 300 g/mol. The maximum Gasteiger partial charge on any atom is 0.225 e. The lowest BCUT2D eigenvalue weighted by Crippen LogP contribution is -2.32. The lowest BCUT2D eigenvalue weighted by atomic mass is 10.3. The fourth-order valence-electron chi connectivity index (χ4n) is 1.48. The molecule has 0 unspecified atom stereocenters. The molecule has 2 N–H and O–H groups in total. The topological polar surface area (TPSA) is 89.7 Å². The molecule has 0 spiro atoms. The lowest BCUT2D eigenvalue weighted by molar-refractivity contribution is -0.130. The van der Waals surface area contributed by atoms with Gasteiger partial charge in [-0.15, -0.1) is 0 Å². The predicted molar refractivity (Wildman–Crippen MR) is 78.3 cm³/mol. The monoisotopic (exact) mass is 300 g/mol. The second-order valence-corrected chi connectivity index (χ2v) is 6.84. The number of rotatable bonds is 7. The first kappa shape index (κ1) is 16.3. The molecule has 0 aromatic heterocycles. The zero-order chi connectivity index (χ0) is 15.2. The number of carbonyl (C=O) groups excluding carboxylic acids is 1. The van der Waals surface area contributed by atoms with E-state index >= 15 is 0 Å². The van der Waals surface area contributed by atoms with Crippen molar-refractivity contribution >= 4 is 21.4 Å². The van der Waals surface area contributed by atoms with Gasteiger partial charge in [-0.3, -0.25) is 4.79 Å². The summed E-state index contributed by atoms with van der Waals surface area (Å²) < 4.78 is 27.4. The molecule has 0 aliphatic carbocycles. The van der Waals surface area contributed by atoms with Crippen LogP contribution in [0.3, 0.4) is 0 Å². The molecule has 20 heavy (non-hydrogen) atoms. The fourth-order valence-corrected chi connectivity index (χ4v) is 2.08. The number of ether oxygens (including phenoxy) is 1. The van der Waals surface area contributed by atoms with Crippen LogP contribution in [0.15, 0.2) is 24.3 Å². The Balaban J connectivity index is 2.35. The standard InChI is InChI=1S/C13H20N2O4S/c1-15(8-10-20(2,17)18)13(16)7-9-19-12-6-4-3-5-11(12)14/h3-6H,7-10,14H2,1-2H3. The van der Waals surface area contributed by atoms with E-state index < -0.39 is 9.84 Å². The molecule has 0 heterocycles. The van der Waals surface area contributed by atoms with Gasteiger partial charge in [-0.1, -0.05) is 12.1 Å². The zero-order valence-electron chi connectivity index (χ0n) is 11.7. The quantitative estimate of drug-likeness (QED) is 0.742. The first-order chi connectivity index (χ1) is 9.29. The van der Waals surface area contributed by atoms with Crippen LogP contribution in [0, 0.1) is 0 Å². The molecule has 1 aromatic carbocycles. The molecule has 1 aromatic rings. The largest absolute Gasteiger partial charge is 0.491 e. The number of hydrogen-bond acceptors (Lipinski definition) is 5. The molecule has 1 rings (SSSR count). The van der Waals surface area contributed by atoms with Gasteiger partial charge in [0.05, 0.1) is 24.5 Å². The number of nitrogens with zero attached hydrogens (tertiary/aromatic N) is 1. The first-order valence-electron chi connectivity index (χ1n) is 6.18. The molecular formula is C13H20N2O4S. The summed E-state index contributed by atoms with van der Waals surface area (Å²) >= 11 is 0. The van der Waals surface area contributed by atoms with Gasteiger partial charge in [-0.05, 0) is 12.1 Å². The number of amides is 1. The Labute approximate surface area is 119 Å². The highest BCUT2D eigenvalue weighted by Crippen LogP contribution is 2.19. The predicted octanol–water partition coefficient (Wildman–Crippen LogP) is 0.541. The highest BCUT2D eigenvalue weighted by Gasteiger charge is 2.11. The van der Waals surface area contributed by atoms with Gasteiger partial charge in [-0.25, -0.2) is 8.42 Å². The Morgan fingerprint density at radius 2 is 2.00 bits per heavy atom. The summed E-state index contributed by atoms with van der Waals surface area (Å²) in [5.74, 6) is 0.337. The van der Waals surface area contributed by atoms with Crippen LogP contribution in [0.2, 0.25) is 0 Å². The van der Waals surface area contributed by atoms with Gasteiger partial charge in [0.1, 0.15) is 15.6 Å². The second-order valence-electron chi connectivity index (χ2n) is 4.58. The van der Waals surface area contributed by atoms with Gasteiger partial charge in [0, 0.05) is 19.8 Å². The summed E-state index contributed by atoms with van der Waals surface area (Å²) in [5.41, 5.74) is 6.22. The minimum atomic E-state index is -3.06. The van der Waals surface area contributed by atoms with E-state index in [1.807, 2.05) is 0 Å². The SMILES string of the molecule is CN(CCS(C)(=O)=O)C(=O)CCOc1ccccc1N. The van der Waals surface area contributed by atoms with E-state index in [0.717, 1.165) is 6.26 Å². The normalized spacial score (nSPS) is 11.1. The van der Waals surface area contributed by atoms with Crippen LogP contribution in [0.25, 0.3) is 0 Å². The number of carbonyl (C=O) groups is 1. The number of anilines is 1. The van der Waals surface area contributed by atoms with Crippen molar-refractivity contribution in [2.45, 2.75) is 6.42 Å². The summed E-state index contributed by atoms with van der Waals surface area (Å²) in [7, 11) is -1.49. The van der Waals surface area contributed by atoms with Crippen molar-refractivity contribution in [3.63, 3.8) is 0 Å². The number of nitrogen functional groups attached to an aromatic ring is 1. The molecule has 112 valence electrons. The van der Waals surface area contributed by atoms with Crippen molar-refractivity contribution < 1.29 is 17.9 Å². The Kier molecular flexibility index (Phi) is 5.82. The van der Waals surface area contributed by atoms with E-state index in [1.165, 1.54) is 4.90 Å². The Morgan fingerprint density at radius 1 is 1.35 bits per heavy atom. The molecule has 0 atom stereocenters. The van der Waals surface area contributed by atoms with Crippen LogP contribution in [-0.4, -0.2) is 51.4 Å². The third-order valence-corrected chi connectivity index (χ3v) is 3.64. The Morgan fingerprint density at radius 3 is 2.60 bits per heavy atom. The molecule has 0 saturated carbocycles. The molecule has 7 heteroatoms. The van der Waals surface area contributed by atoms with Gasteiger partial charge in [0.15, 0.2) is 0 Å². The first-order valence-corrected chi connectivity index (χ1v) is 8.24. The van der Waals surface area contributed by atoms with Crippen molar-refractivity contribution in [3.05, 3.63) is 24.3 Å². The maximum atomic E-state index is 11.8. The minimum Gasteiger partial charge on any atom is -0.491 e. The van der Waals surface area contributed by atoms with E-state index in [-0.39, 0.29) is 31.2 Å². The number of hydrogen-bond donors (Lipinski definition) is 1. The van der Waals surface area contributed by atoms with Gasteiger partial charge in [0.25, 0.3) is 0 Å². The molecule has 0 saturated heterocycles. The van der Waals surface area contributed by atoms with E-state index in [1.54, 1.807) is 31.3 Å². The smallest absolute Gasteiger partial charge is 0.225 e. The zero-order valence-corrected chi connectivity index (χ0v) is 12.5.